The predicted octanol–water partition coefficient (Wildman–Crippen LogP) is 5.07. The highest BCUT2D eigenvalue weighted by molar-refractivity contribution is 6.35. The Kier molecular flexibility index (Phi) is 4.28. The van der Waals surface area contributed by atoms with Gasteiger partial charge in [0.1, 0.15) is 12.4 Å². The monoisotopic (exact) mass is 341 g/mol. The van der Waals surface area contributed by atoms with Gasteiger partial charge in [-0.15, -0.1) is 0 Å². The van der Waals surface area contributed by atoms with Crippen molar-refractivity contribution in [2.24, 2.45) is 0 Å². The minimum absolute atomic E-state index is 0.0836. The zero-order chi connectivity index (χ0) is 17.9. The fourth-order valence-electron chi connectivity index (χ4n) is 3.13. The van der Waals surface area contributed by atoms with E-state index in [9.17, 15) is 4.79 Å². The largest absolute Gasteiger partial charge is 0.488 e. The third-order valence-electron chi connectivity index (χ3n) is 4.41. The molecule has 0 fully saturated rings. The number of carbonyl (C=O) groups excluding carboxylic acids is 1. The molecule has 1 amide bonds. The van der Waals surface area contributed by atoms with Crippen LogP contribution in [0.3, 0.4) is 0 Å². The van der Waals surface area contributed by atoms with Gasteiger partial charge in [-0.3, -0.25) is 4.79 Å². The van der Waals surface area contributed by atoms with E-state index >= 15 is 0 Å². The van der Waals surface area contributed by atoms with E-state index in [0.29, 0.717) is 12.2 Å². The minimum atomic E-state index is -0.0836. The molecule has 3 heteroatoms. The topological polar surface area (TPSA) is 38.3 Å². The lowest BCUT2D eigenvalue weighted by molar-refractivity contribution is -0.110. The summed E-state index contributed by atoms with van der Waals surface area (Å²) in [5.74, 6) is 0.679. The Labute approximate surface area is 152 Å². The summed E-state index contributed by atoms with van der Waals surface area (Å²) in [5, 5.41) is 2.90. The summed E-state index contributed by atoms with van der Waals surface area (Å²) >= 11 is 0. The first-order chi connectivity index (χ1) is 12.7. The van der Waals surface area contributed by atoms with E-state index in [1.807, 2.05) is 60.7 Å². The maximum absolute atomic E-state index is 12.3. The van der Waals surface area contributed by atoms with E-state index in [1.165, 1.54) is 5.56 Å². The normalized spacial score (nSPS) is 14.2. The third-order valence-corrected chi connectivity index (χ3v) is 4.41. The molecule has 128 valence electrons. The van der Waals surface area contributed by atoms with Gasteiger partial charge in [-0.05, 0) is 30.7 Å². The van der Waals surface area contributed by atoms with Gasteiger partial charge >= 0.3 is 0 Å². The Bertz CT molecular complexity index is 1000. The van der Waals surface area contributed by atoms with Crippen LogP contribution in [-0.4, -0.2) is 5.91 Å². The molecule has 0 unspecified atom stereocenters. The first-order valence-corrected chi connectivity index (χ1v) is 8.60. The van der Waals surface area contributed by atoms with Gasteiger partial charge in [-0.2, -0.15) is 0 Å². The van der Waals surface area contributed by atoms with Gasteiger partial charge in [0.25, 0.3) is 5.91 Å². The Balaban J connectivity index is 1.63. The summed E-state index contributed by atoms with van der Waals surface area (Å²) in [7, 11) is 0. The maximum atomic E-state index is 12.3. The van der Waals surface area contributed by atoms with Crippen molar-refractivity contribution >= 4 is 23.2 Å². The lowest BCUT2D eigenvalue weighted by Crippen LogP contribution is -2.04. The average molecular weight is 341 g/mol. The Morgan fingerprint density at radius 2 is 1.77 bits per heavy atom. The first kappa shape index (κ1) is 16.2. The van der Waals surface area contributed by atoms with Crippen LogP contribution in [0.5, 0.6) is 5.75 Å². The molecule has 0 saturated carbocycles. The molecular weight excluding hydrogens is 322 g/mol. The van der Waals surface area contributed by atoms with Gasteiger partial charge in [-0.1, -0.05) is 66.2 Å². The highest BCUT2D eigenvalue weighted by atomic mass is 16.5. The molecule has 0 atom stereocenters. The molecule has 1 N–H and O–H groups in total. The standard InChI is InChI=1S/C23H19NO2/c1-16-7-6-8-17(13-16)15-26-22-12-5-2-9-18(22)14-20-19-10-3-4-11-21(19)24-23(20)25/h2-14H,15H2,1H3,(H,24,25)/b20-14-. The second kappa shape index (κ2) is 6.89. The molecule has 26 heavy (non-hydrogen) atoms. The zero-order valence-corrected chi connectivity index (χ0v) is 14.5. The van der Waals surface area contributed by atoms with Crippen LogP contribution >= 0.6 is 0 Å². The van der Waals surface area contributed by atoms with Crippen LogP contribution < -0.4 is 10.1 Å². The Morgan fingerprint density at radius 3 is 2.65 bits per heavy atom. The van der Waals surface area contributed by atoms with E-state index in [-0.39, 0.29) is 5.91 Å². The smallest absolute Gasteiger partial charge is 0.256 e. The Hall–Kier alpha value is -3.33. The number of anilines is 1. The molecule has 1 heterocycles. The molecular formula is C23H19NO2. The molecule has 1 aliphatic rings. The highest BCUT2D eigenvalue weighted by Crippen LogP contribution is 2.34. The highest BCUT2D eigenvalue weighted by Gasteiger charge is 2.23. The number of hydrogen-bond acceptors (Lipinski definition) is 2. The van der Waals surface area contributed by atoms with Crippen LogP contribution in [0.1, 0.15) is 22.3 Å². The SMILES string of the molecule is Cc1cccc(COc2ccccc2/C=C2\C(=O)Nc3ccccc32)c1. The van der Waals surface area contributed by atoms with Gasteiger partial charge in [0.2, 0.25) is 0 Å². The molecule has 3 aromatic rings. The quantitative estimate of drug-likeness (QED) is 0.673. The van der Waals surface area contributed by atoms with E-state index in [2.05, 4.69) is 30.4 Å². The van der Waals surface area contributed by atoms with Crippen LogP contribution in [0, 0.1) is 6.92 Å². The summed E-state index contributed by atoms with van der Waals surface area (Å²) in [4.78, 5) is 12.3. The molecule has 4 rings (SSSR count). The van der Waals surface area contributed by atoms with Crippen molar-refractivity contribution in [2.45, 2.75) is 13.5 Å². The molecule has 0 radical (unpaired) electrons. The van der Waals surface area contributed by atoms with E-state index < -0.39 is 0 Å². The number of aryl methyl sites for hydroxylation is 1. The van der Waals surface area contributed by atoms with Gasteiger partial charge in [0.15, 0.2) is 0 Å². The second-order valence-electron chi connectivity index (χ2n) is 6.37. The number of nitrogens with one attached hydrogen (secondary N) is 1. The van der Waals surface area contributed by atoms with Crippen molar-refractivity contribution in [2.75, 3.05) is 5.32 Å². The van der Waals surface area contributed by atoms with Crippen LogP contribution in [0.2, 0.25) is 0 Å². The number of benzene rings is 3. The number of hydrogen-bond donors (Lipinski definition) is 1. The van der Waals surface area contributed by atoms with Gasteiger partial charge in [-0.25, -0.2) is 0 Å². The van der Waals surface area contributed by atoms with Crippen molar-refractivity contribution < 1.29 is 9.53 Å². The summed E-state index contributed by atoms with van der Waals surface area (Å²) in [5.41, 5.74) is 5.65. The molecule has 1 aliphatic heterocycles. The van der Waals surface area contributed by atoms with Crippen LogP contribution in [-0.2, 0) is 11.4 Å². The minimum Gasteiger partial charge on any atom is -0.488 e. The number of para-hydroxylation sites is 2. The number of amides is 1. The van der Waals surface area contributed by atoms with Crippen molar-refractivity contribution in [3.63, 3.8) is 0 Å². The number of fused-ring (bicyclic) bond motifs is 1. The van der Waals surface area contributed by atoms with Gasteiger partial charge in [0.05, 0.1) is 0 Å². The lowest BCUT2D eigenvalue weighted by Gasteiger charge is -2.10. The van der Waals surface area contributed by atoms with Crippen LogP contribution in [0.4, 0.5) is 5.69 Å². The van der Waals surface area contributed by atoms with Crippen molar-refractivity contribution in [1.29, 1.82) is 0 Å². The number of rotatable bonds is 4. The number of ether oxygens (including phenoxy) is 1. The number of carbonyl (C=O) groups is 1. The fourth-order valence-corrected chi connectivity index (χ4v) is 3.13. The maximum Gasteiger partial charge on any atom is 0.256 e. The molecule has 0 spiro atoms. The third kappa shape index (κ3) is 3.24. The van der Waals surface area contributed by atoms with Gasteiger partial charge in [0, 0.05) is 22.4 Å². The molecule has 0 aromatic heterocycles. The lowest BCUT2D eigenvalue weighted by atomic mass is 10.0. The molecule has 0 bridgehead atoms. The summed E-state index contributed by atoms with van der Waals surface area (Å²) in [6.45, 7) is 2.56. The van der Waals surface area contributed by atoms with E-state index in [4.69, 9.17) is 4.74 Å². The summed E-state index contributed by atoms with van der Waals surface area (Å²) in [6.07, 6.45) is 1.90. The summed E-state index contributed by atoms with van der Waals surface area (Å²) in [6, 6.07) is 23.8. The van der Waals surface area contributed by atoms with E-state index in [0.717, 1.165) is 28.1 Å². The second-order valence-corrected chi connectivity index (χ2v) is 6.37. The predicted molar refractivity (Wildman–Crippen MR) is 105 cm³/mol. The van der Waals surface area contributed by atoms with Crippen LogP contribution in [0.15, 0.2) is 72.8 Å². The van der Waals surface area contributed by atoms with E-state index in [1.54, 1.807) is 0 Å². The molecule has 3 nitrogen and oxygen atoms in total. The van der Waals surface area contributed by atoms with Gasteiger partial charge < -0.3 is 10.1 Å². The fraction of sp³-hybridized carbons (Fsp3) is 0.0870. The first-order valence-electron chi connectivity index (χ1n) is 8.60. The molecule has 3 aromatic carbocycles. The Morgan fingerprint density at radius 1 is 0.962 bits per heavy atom. The van der Waals surface area contributed by atoms with Crippen molar-refractivity contribution in [3.8, 4) is 5.75 Å². The molecule has 0 aliphatic carbocycles. The molecule has 0 saturated heterocycles. The zero-order valence-electron chi connectivity index (χ0n) is 14.5. The van der Waals surface area contributed by atoms with Crippen LogP contribution in [0.25, 0.3) is 11.6 Å². The van der Waals surface area contributed by atoms with Crippen molar-refractivity contribution in [1.82, 2.24) is 0 Å². The van der Waals surface area contributed by atoms with Crippen molar-refractivity contribution in [3.05, 3.63) is 95.1 Å². The summed E-state index contributed by atoms with van der Waals surface area (Å²) < 4.78 is 6.04. The average Bonchev–Trinajstić information content (AvgIpc) is 2.97.